The van der Waals surface area contributed by atoms with E-state index in [0.717, 1.165) is 11.1 Å². The molecule has 0 saturated heterocycles. The summed E-state index contributed by atoms with van der Waals surface area (Å²) in [7, 11) is 0. The fourth-order valence-electron chi connectivity index (χ4n) is 2.82. The van der Waals surface area contributed by atoms with Gasteiger partial charge in [0.2, 0.25) is 5.95 Å². The zero-order chi connectivity index (χ0) is 19.7. The molecule has 0 aliphatic rings. The van der Waals surface area contributed by atoms with Crippen molar-refractivity contribution in [2.45, 2.75) is 20.5 Å². The van der Waals surface area contributed by atoms with Crippen LogP contribution in [0.5, 0.6) is 0 Å². The number of hydrogen-bond donors (Lipinski definition) is 2. The highest BCUT2D eigenvalue weighted by Gasteiger charge is 2.12. The molecule has 4 aromatic rings. The Balaban J connectivity index is 1.66. The Kier molecular flexibility index (Phi) is 4.52. The molecule has 4 rings (SSSR count). The summed E-state index contributed by atoms with van der Waals surface area (Å²) in [4.78, 5) is 20.9. The quantitative estimate of drug-likeness (QED) is 0.543. The van der Waals surface area contributed by atoms with Gasteiger partial charge < -0.3 is 9.73 Å². The van der Waals surface area contributed by atoms with E-state index in [0.29, 0.717) is 34.1 Å². The smallest absolute Gasteiger partial charge is 0.406 e. The van der Waals surface area contributed by atoms with Crippen molar-refractivity contribution in [2.75, 3.05) is 10.7 Å². The van der Waals surface area contributed by atoms with Crippen LogP contribution in [0.1, 0.15) is 16.7 Å². The van der Waals surface area contributed by atoms with Gasteiger partial charge in [-0.1, -0.05) is 18.2 Å². The fraction of sp³-hybridized carbons (Fsp3) is 0.150. The Labute approximate surface area is 159 Å². The first-order valence-corrected chi connectivity index (χ1v) is 8.69. The molecule has 2 N–H and O–H groups in total. The van der Waals surface area contributed by atoms with E-state index in [-0.39, 0.29) is 0 Å². The van der Waals surface area contributed by atoms with Crippen LogP contribution in [0.15, 0.2) is 57.9 Å². The van der Waals surface area contributed by atoms with Crippen molar-refractivity contribution < 1.29 is 8.81 Å². The second-order valence-corrected chi connectivity index (χ2v) is 6.41. The van der Waals surface area contributed by atoms with Crippen LogP contribution < -0.4 is 16.5 Å². The Morgan fingerprint density at radius 1 is 1.14 bits per heavy atom. The molecule has 2 aromatic heterocycles. The van der Waals surface area contributed by atoms with E-state index in [1.165, 1.54) is 4.68 Å². The van der Waals surface area contributed by atoms with Crippen molar-refractivity contribution in [3.05, 3.63) is 75.9 Å². The molecule has 0 spiro atoms. The number of alkyl halides is 1. The van der Waals surface area contributed by atoms with E-state index >= 15 is 0 Å². The molecule has 0 saturated carbocycles. The number of hydrogen-bond acceptors (Lipinski definition) is 6. The number of para-hydroxylation sites is 2. The molecule has 0 radical (unpaired) electrons. The minimum absolute atomic E-state index is 0.322. The highest BCUT2D eigenvalue weighted by Crippen LogP contribution is 2.21. The van der Waals surface area contributed by atoms with Gasteiger partial charge in [0, 0.05) is 17.4 Å². The van der Waals surface area contributed by atoms with Gasteiger partial charge in [0.25, 0.3) is 0 Å². The number of nitrogens with one attached hydrogen (secondary N) is 2. The van der Waals surface area contributed by atoms with Crippen LogP contribution in [0.3, 0.4) is 0 Å². The maximum atomic E-state index is 13.1. The van der Waals surface area contributed by atoms with Gasteiger partial charge in [0.15, 0.2) is 11.4 Å². The third-order valence-electron chi connectivity index (χ3n) is 4.42. The molecule has 0 unspecified atom stereocenters. The van der Waals surface area contributed by atoms with Crippen LogP contribution in [0.25, 0.3) is 11.1 Å². The van der Waals surface area contributed by atoms with E-state index in [1.54, 1.807) is 30.5 Å². The zero-order valence-corrected chi connectivity index (χ0v) is 15.4. The van der Waals surface area contributed by atoms with E-state index in [2.05, 4.69) is 20.7 Å². The number of aromatic nitrogens is 3. The van der Waals surface area contributed by atoms with Crippen molar-refractivity contribution in [1.29, 1.82) is 0 Å². The van der Waals surface area contributed by atoms with Crippen LogP contribution in [0.4, 0.5) is 21.8 Å². The summed E-state index contributed by atoms with van der Waals surface area (Å²) in [5.41, 5.74) is 6.97. The molecule has 2 heterocycles. The lowest BCUT2D eigenvalue weighted by molar-refractivity contribution is 0.484. The molecule has 7 nitrogen and oxygen atoms in total. The molecule has 0 aliphatic heterocycles. The van der Waals surface area contributed by atoms with Crippen molar-refractivity contribution in [2.24, 2.45) is 0 Å². The molecule has 2 aromatic carbocycles. The standard InChI is InChI=1S/C20H18FN5O2/c1-12-7-8-15(9-14(12)10-21)23-19-22-11-13(2)18(24-19)25-26-16-5-3-4-6-17(16)28-20(26)27/h3-9,11H,10H2,1-2H3,(H2,22,23,24,25). The molecule has 0 fully saturated rings. The monoisotopic (exact) mass is 379 g/mol. The molecule has 0 atom stereocenters. The minimum atomic E-state index is -0.542. The summed E-state index contributed by atoms with van der Waals surface area (Å²) in [6.07, 6.45) is 1.63. The van der Waals surface area contributed by atoms with Crippen LogP contribution in [-0.4, -0.2) is 14.6 Å². The van der Waals surface area contributed by atoms with E-state index in [9.17, 15) is 9.18 Å². The van der Waals surface area contributed by atoms with Gasteiger partial charge in [-0.2, -0.15) is 9.66 Å². The molecule has 28 heavy (non-hydrogen) atoms. The molecule has 8 heteroatoms. The molecular formula is C20H18FN5O2. The molecular weight excluding hydrogens is 361 g/mol. The van der Waals surface area contributed by atoms with E-state index in [1.807, 2.05) is 32.0 Å². The van der Waals surface area contributed by atoms with Crippen LogP contribution in [-0.2, 0) is 6.67 Å². The summed E-state index contributed by atoms with van der Waals surface area (Å²) in [5.74, 6) is 0.228. The Morgan fingerprint density at radius 2 is 1.96 bits per heavy atom. The average Bonchev–Trinajstić information content (AvgIpc) is 3.01. The summed E-state index contributed by atoms with van der Waals surface area (Å²) in [5, 5.41) is 3.07. The number of rotatable bonds is 5. The maximum Gasteiger partial charge on any atom is 0.439 e. The largest absolute Gasteiger partial charge is 0.439 e. The number of halogens is 1. The van der Waals surface area contributed by atoms with E-state index in [4.69, 9.17) is 4.42 Å². The SMILES string of the molecule is Cc1ccc(Nc2ncc(C)c(Nn3c(=O)oc4ccccc43)n2)cc1CF. The lowest BCUT2D eigenvalue weighted by Crippen LogP contribution is -2.23. The molecule has 0 bridgehead atoms. The molecule has 142 valence electrons. The zero-order valence-electron chi connectivity index (χ0n) is 15.4. The first kappa shape index (κ1) is 17.7. The van der Waals surface area contributed by atoms with Gasteiger partial charge in [-0.05, 0) is 49.2 Å². The predicted molar refractivity (Wildman–Crippen MR) is 106 cm³/mol. The Bertz CT molecular complexity index is 1210. The van der Waals surface area contributed by atoms with Crippen molar-refractivity contribution in [3.63, 3.8) is 0 Å². The minimum Gasteiger partial charge on any atom is -0.406 e. The maximum absolute atomic E-state index is 13.1. The Hall–Kier alpha value is -3.68. The van der Waals surface area contributed by atoms with Crippen molar-refractivity contribution in [1.82, 2.24) is 14.6 Å². The fourth-order valence-corrected chi connectivity index (χ4v) is 2.82. The highest BCUT2D eigenvalue weighted by atomic mass is 19.1. The summed E-state index contributed by atoms with van der Waals surface area (Å²) >= 11 is 0. The normalized spacial score (nSPS) is 11.0. The van der Waals surface area contributed by atoms with Crippen LogP contribution in [0.2, 0.25) is 0 Å². The van der Waals surface area contributed by atoms with Crippen LogP contribution in [0, 0.1) is 13.8 Å². The molecule has 0 amide bonds. The van der Waals surface area contributed by atoms with Gasteiger partial charge in [0.05, 0.1) is 0 Å². The number of aryl methyl sites for hydroxylation is 2. The van der Waals surface area contributed by atoms with E-state index < -0.39 is 12.4 Å². The second-order valence-electron chi connectivity index (χ2n) is 6.41. The van der Waals surface area contributed by atoms with Gasteiger partial charge in [0.1, 0.15) is 12.2 Å². The van der Waals surface area contributed by atoms with Crippen LogP contribution >= 0.6 is 0 Å². The first-order chi connectivity index (χ1) is 13.5. The summed E-state index contributed by atoms with van der Waals surface area (Å²) in [6.45, 7) is 3.14. The topological polar surface area (TPSA) is 85.0 Å². The third kappa shape index (κ3) is 3.32. The number of benzene rings is 2. The number of anilines is 3. The van der Waals surface area contributed by atoms with Gasteiger partial charge in [-0.25, -0.2) is 14.2 Å². The van der Waals surface area contributed by atoms with Gasteiger partial charge in [-0.15, -0.1) is 0 Å². The number of fused-ring (bicyclic) bond motifs is 1. The van der Waals surface area contributed by atoms with Crippen molar-refractivity contribution >= 4 is 28.6 Å². The average molecular weight is 379 g/mol. The number of oxazole rings is 1. The van der Waals surface area contributed by atoms with Gasteiger partial charge in [-0.3, -0.25) is 5.43 Å². The van der Waals surface area contributed by atoms with Crippen molar-refractivity contribution in [3.8, 4) is 0 Å². The lowest BCUT2D eigenvalue weighted by atomic mass is 10.1. The number of nitrogens with zero attached hydrogens (tertiary/aromatic N) is 3. The lowest BCUT2D eigenvalue weighted by Gasteiger charge is -2.12. The van der Waals surface area contributed by atoms with Gasteiger partial charge >= 0.3 is 5.76 Å². The predicted octanol–water partition coefficient (Wildman–Crippen LogP) is 4.09. The summed E-state index contributed by atoms with van der Waals surface area (Å²) in [6, 6.07) is 12.5. The first-order valence-electron chi connectivity index (χ1n) is 8.69. The summed E-state index contributed by atoms with van der Waals surface area (Å²) < 4.78 is 19.6. The highest BCUT2D eigenvalue weighted by molar-refractivity contribution is 5.73. The third-order valence-corrected chi connectivity index (χ3v) is 4.42. The Morgan fingerprint density at radius 3 is 2.79 bits per heavy atom. The molecule has 0 aliphatic carbocycles. The second kappa shape index (κ2) is 7.15.